The maximum atomic E-state index is 10.8. The Kier molecular flexibility index (Phi) is 8.20. The van der Waals surface area contributed by atoms with E-state index in [1.165, 1.54) is 0 Å². The van der Waals surface area contributed by atoms with Gasteiger partial charge in [0.25, 0.3) is 0 Å². The Morgan fingerprint density at radius 2 is 1.09 bits per heavy atom. The third kappa shape index (κ3) is 6.86. The van der Waals surface area contributed by atoms with Crippen molar-refractivity contribution in [2.75, 3.05) is 0 Å². The fourth-order valence-electron chi connectivity index (χ4n) is 3.91. The van der Waals surface area contributed by atoms with Crippen molar-refractivity contribution in [1.82, 2.24) is 0 Å². The maximum absolute atomic E-state index is 10.8. The lowest BCUT2D eigenvalue weighted by molar-refractivity contribution is 0.0697. The zero-order valence-corrected chi connectivity index (χ0v) is 21.7. The molecule has 3 N–H and O–H groups in total. The van der Waals surface area contributed by atoms with Crippen LogP contribution >= 0.6 is 0 Å². The molecule has 0 saturated carbocycles. The third-order valence-corrected chi connectivity index (χ3v) is 5.68. The molecule has 34 heavy (non-hydrogen) atoms. The minimum atomic E-state index is -0.879. The van der Waals surface area contributed by atoms with Crippen molar-refractivity contribution in [3.8, 4) is 11.5 Å². The van der Waals surface area contributed by atoms with Crippen LogP contribution in [0.2, 0.25) is 0 Å². The summed E-state index contributed by atoms with van der Waals surface area (Å²) in [7, 11) is 0. The predicted octanol–water partition coefficient (Wildman–Crippen LogP) is 7.29. The summed E-state index contributed by atoms with van der Waals surface area (Å²) in [6.45, 7) is 16.7. The van der Waals surface area contributed by atoms with Gasteiger partial charge < -0.3 is 15.3 Å². The van der Waals surface area contributed by atoms with Crippen LogP contribution in [0, 0.1) is 13.8 Å². The van der Waals surface area contributed by atoms with Gasteiger partial charge in [-0.2, -0.15) is 0 Å². The zero-order valence-electron chi connectivity index (χ0n) is 21.7. The van der Waals surface area contributed by atoms with Gasteiger partial charge in [0.1, 0.15) is 11.5 Å². The van der Waals surface area contributed by atoms with Crippen molar-refractivity contribution in [3.05, 3.63) is 93.5 Å². The Labute approximate surface area is 203 Å². The molecule has 0 bridgehead atoms. The van der Waals surface area contributed by atoms with Crippen LogP contribution in [-0.2, 0) is 17.3 Å². The number of hydrogen-bond donors (Lipinski definition) is 3. The molecule has 4 nitrogen and oxygen atoms in total. The Morgan fingerprint density at radius 1 is 0.706 bits per heavy atom. The molecule has 0 aromatic heterocycles. The van der Waals surface area contributed by atoms with Crippen LogP contribution in [0.3, 0.4) is 0 Å². The minimum absolute atomic E-state index is 0.129. The van der Waals surface area contributed by atoms with Crippen LogP contribution in [0.15, 0.2) is 54.6 Å². The average Bonchev–Trinajstić information content (AvgIpc) is 2.72. The molecule has 0 radical (unpaired) electrons. The van der Waals surface area contributed by atoms with Gasteiger partial charge in [0.05, 0.1) is 5.56 Å². The van der Waals surface area contributed by atoms with Gasteiger partial charge in [0.15, 0.2) is 0 Å². The molecule has 0 aliphatic carbocycles. The number of hydrogen-bond acceptors (Lipinski definition) is 3. The number of rotatable bonds is 3. The molecule has 0 aliphatic rings. The minimum Gasteiger partial charge on any atom is -0.507 e. The molecule has 3 aromatic carbocycles. The quantitative estimate of drug-likeness (QED) is 0.382. The SMILES string of the molecule is Cc1cc(Cc2cc(C)cc(C(C)(C)C)c2O)c(O)c(C(C)(C)C)c1.O=C(O)c1ccccc1. The van der Waals surface area contributed by atoms with Gasteiger partial charge in [-0.05, 0) is 59.1 Å². The summed E-state index contributed by atoms with van der Waals surface area (Å²) in [5.41, 5.74) is 5.96. The van der Waals surface area contributed by atoms with E-state index in [0.717, 1.165) is 33.4 Å². The van der Waals surface area contributed by atoms with E-state index in [4.69, 9.17) is 5.11 Å². The summed E-state index contributed by atoms with van der Waals surface area (Å²) >= 11 is 0. The largest absolute Gasteiger partial charge is 0.507 e. The van der Waals surface area contributed by atoms with Gasteiger partial charge in [-0.1, -0.05) is 95.1 Å². The first-order chi connectivity index (χ1) is 15.6. The summed E-state index contributed by atoms with van der Waals surface area (Å²) in [6.07, 6.45) is 0.521. The molecule has 4 heteroatoms. The second-order valence-corrected chi connectivity index (χ2v) is 11.0. The molecule has 3 rings (SSSR count). The number of phenols is 2. The monoisotopic (exact) mass is 462 g/mol. The van der Waals surface area contributed by atoms with Crippen LogP contribution in [0.4, 0.5) is 0 Å². The highest BCUT2D eigenvalue weighted by molar-refractivity contribution is 5.87. The summed E-state index contributed by atoms with van der Waals surface area (Å²) < 4.78 is 0. The van der Waals surface area contributed by atoms with E-state index < -0.39 is 5.97 Å². The number of aromatic carboxylic acids is 1. The summed E-state index contributed by atoms with van der Waals surface area (Å²) in [5, 5.41) is 30.0. The summed E-state index contributed by atoms with van der Waals surface area (Å²) in [5.74, 6) is -0.191. The van der Waals surface area contributed by atoms with Gasteiger partial charge in [-0.3, -0.25) is 0 Å². The van der Waals surface area contributed by atoms with Crippen molar-refractivity contribution >= 4 is 5.97 Å². The number of aromatic hydroxyl groups is 2. The number of aryl methyl sites for hydroxylation is 2. The van der Waals surface area contributed by atoms with Crippen LogP contribution in [0.25, 0.3) is 0 Å². The van der Waals surface area contributed by atoms with Gasteiger partial charge in [-0.15, -0.1) is 0 Å². The molecule has 0 unspecified atom stereocenters. The lowest BCUT2D eigenvalue weighted by Gasteiger charge is -2.25. The first kappa shape index (κ1) is 27.0. The first-order valence-corrected chi connectivity index (χ1v) is 11.6. The average molecular weight is 463 g/mol. The van der Waals surface area contributed by atoms with E-state index in [1.807, 2.05) is 12.1 Å². The predicted molar refractivity (Wildman–Crippen MR) is 139 cm³/mol. The summed E-state index contributed by atoms with van der Waals surface area (Å²) in [4.78, 5) is 10.2. The van der Waals surface area contributed by atoms with Crippen LogP contribution in [0.5, 0.6) is 11.5 Å². The summed E-state index contributed by atoms with van der Waals surface area (Å²) in [6, 6.07) is 16.4. The third-order valence-electron chi connectivity index (χ3n) is 5.68. The molecule has 0 amide bonds. The van der Waals surface area contributed by atoms with E-state index in [0.29, 0.717) is 23.5 Å². The zero-order chi connectivity index (χ0) is 25.8. The van der Waals surface area contributed by atoms with Crippen LogP contribution in [0.1, 0.15) is 85.3 Å². The molecule has 0 heterocycles. The van der Waals surface area contributed by atoms with E-state index in [2.05, 4.69) is 67.5 Å². The number of benzene rings is 3. The Balaban J connectivity index is 0.000000379. The van der Waals surface area contributed by atoms with Crippen LogP contribution in [-0.4, -0.2) is 21.3 Å². The van der Waals surface area contributed by atoms with Crippen molar-refractivity contribution in [2.45, 2.75) is 72.6 Å². The molecule has 0 atom stereocenters. The van der Waals surface area contributed by atoms with Crippen molar-refractivity contribution in [3.63, 3.8) is 0 Å². The van der Waals surface area contributed by atoms with E-state index in [9.17, 15) is 15.0 Å². The maximum Gasteiger partial charge on any atom is 0.335 e. The van der Waals surface area contributed by atoms with Crippen molar-refractivity contribution in [2.24, 2.45) is 0 Å². The Hall–Kier alpha value is -3.27. The fourth-order valence-corrected chi connectivity index (χ4v) is 3.91. The van der Waals surface area contributed by atoms with Gasteiger partial charge in [0, 0.05) is 6.42 Å². The molecule has 0 fully saturated rings. The lowest BCUT2D eigenvalue weighted by Crippen LogP contribution is -2.14. The fraction of sp³-hybridized carbons (Fsp3) is 0.367. The number of carboxylic acids is 1. The van der Waals surface area contributed by atoms with Gasteiger partial charge >= 0.3 is 5.97 Å². The van der Waals surface area contributed by atoms with E-state index in [1.54, 1.807) is 30.3 Å². The molecule has 0 aliphatic heterocycles. The normalized spacial score (nSPS) is 11.5. The second kappa shape index (κ2) is 10.3. The van der Waals surface area contributed by atoms with Crippen LogP contribution < -0.4 is 0 Å². The second-order valence-electron chi connectivity index (χ2n) is 11.0. The Bertz CT molecular complexity index is 1080. The van der Waals surface area contributed by atoms with E-state index in [-0.39, 0.29) is 10.8 Å². The Morgan fingerprint density at radius 3 is 1.38 bits per heavy atom. The smallest absolute Gasteiger partial charge is 0.335 e. The highest BCUT2D eigenvalue weighted by atomic mass is 16.4. The highest BCUT2D eigenvalue weighted by Crippen LogP contribution is 2.39. The molecular weight excluding hydrogens is 424 g/mol. The van der Waals surface area contributed by atoms with Crippen molar-refractivity contribution in [1.29, 1.82) is 0 Å². The van der Waals surface area contributed by atoms with Gasteiger partial charge in [0.2, 0.25) is 0 Å². The molecule has 182 valence electrons. The highest BCUT2D eigenvalue weighted by Gasteiger charge is 2.24. The van der Waals surface area contributed by atoms with E-state index >= 15 is 0 Å². The number of carbonyl (C=O) groups is 1. The standard InChI is InChI=1S/C23H32O2.C7H6O2/c1-14-9-16(20(24)18(11-14)22(3,4)5)13-17-10-15(2)12-19(21(17)25)23(6,7)8;8-7(9)6-4-2-1-3-5-6/h9-12,24-25H,13H2,1-8H3;1-5H,(H,8,9). The number of phenolic OH excluding ortho intramolecular Hbond substituents is 2. The molecule has 0 spiro atoms. The van der Waals surface area contributed by atoms with Crippen molar-refractivity contribution < 1.29 is 20.1 Å². The van der Waals surface area contributed by atoms with Gasteiger partial charge in [-0.25, -0.2) is 4.79 Å². The topological polar surface area (TPSA) is 77.8 Å². The first-order valence-electron chi connectivity index (χ1n) is 11.6. The lowest BCUT2D eigenvalue weighted by atomic mass is 9.81. The molecule has 3 aromatic rings. The number of carboxylic acid groups (broad SMARTS) is 1. The molecule has 0 saturated heterocycles. The molecular formula is C30H38O4.